The highest BCUT2D eigenvalue weighted by atomic mass is 32.2. The van der Waals surface area contributed by atoms with Crippen molar-refractivity contribution in [1.29, 1.82) is 0 Å². The van der Waals surface area contributed by atoms with Crippen LogP contribution in [-0.2, 0) is 10.0 Å². The number of hydrogen-bond donors (Lipinski definition) is 3. The number of aromatic nitrogens is 2. The van der Waals surface area contributed by atoms with Crippen LogP contribution in [-0.4, -0.2) is 37.1 Å². The molecule has 3 rings (SSSR count). The summed E-state index contributed by atoms with van der Waals surface area (Å²) in [5.74, 6) is 0.745. The van der Waals surface area contributed by atoms with E-state index in [-0.39, 0.29) is 38.6 Å². The van der Waals surface area contributed by atoms with Crippen molar-refractivity contribution >= 4 is 27.3 Å². The normalized spacial score (nSPS) is 13.3. The molecule has 0 saturated heterocycles. The van der Waals surface area contributed by atoms with Gasteiger partial charge in [-0.15, -0.1) is 0 Å². The maximum Gasteiger partial charge on any atom is 0.324 e. The summed E-state index contributed by atoms with van der Waals surface area (Å²) < 4.78 is 36.4. The highest BCUT2D eigenvalue weighted by Gasteiger charge is 2.33. The average molecular weight is 466 g/mol. The van der Waals surface area contributed by atoms with Gasteiger partial charge in [0.2, 0.25) is 10.0 Å². The molecule has 0 spiro atoms. The van der Waals surface area contributed by atoms with Crippen LogP contribution in [0.1, 0.15) is 38.3 Å². The number of anilines is 3. The molecule has 0 saturated carbocycles. The standard InChI is InChI=1S/C20H27N5O6S/c1-12-10-11-14(30-12)17(20(2,3)4)22-18-19(25(27)31-23-18)21-13-8-7-9-15(16(13)26)32(28,29)24(5)6/h7-11,17,21,26H,1-6H3,(H,22,23)/t17-/m0/s1. The molecule has 0 bridgehead atoms. The van der Waals surface area contributed by atoms with Crippen LogP contribution in [0.4, 0.5) is 17.3 Å². The molecule has 2 aromatic heterocycles. The SMILES string of the molecule is Cc1ccc([C@H](Nc2no[n+]([O-])c2Nc2cccc(S(=O)(=O)N(C)C)c2O)C(C)(C)C)o1. The maximum atomic E-state index is 12.5. The van der Waals surface area contributed by atoms with Gasteiger partial charge in [0.1, 0.15) is 22.1 Å². The van der Waals surface area contributed by atoms with E-state index in [1.165, 1.54) is 32.3 Å². The molecule has 174 valence electrons. The van der Waals surface area contributed by atoms with Gasteiger partial charge in [0.05, 0.1) is 6.04 Å². The van der Waals surface area contributed by atoms with Crippen molar-refractivity contribution in [3.8, 4) is 5.75 Å². The molecule has 3 aromatic rings. The lowest BCUT2D eigenvalue weighted by atomic mass is 9.85. The van der Waals surface area contributed by atoms with E-state index in [2.05, 4.69) is 15.8 Å². The molecule has 0 aliphatic heterocycles. The third-order valence-corrected chi connectivity index (χ3v) is 6.66. The predicted molar refractivity (Wildman–Crippen MR) is 117 cm³/mol. The van der Waals surface area contributed by atoms with Crippen LogP contribution in [0.2, 0.25) is 0 Å². The van der Waals surface area contributed by atoms with Crippen molar-refractivity contribution in [2.24, 2.45) is 5.41 Å². The first-order valence-corrected chi connectivity index (χ1v) is 11.2. The molecule has 1 aromatic carbocycles. The van der Waals surface area contributed by atoms with Gasteiger partial charge in [0.15, 0.2) is 5.75 Å². The molecule has 0 unspecified atom stereocenters. The van der Waals surface area contributed by atoms with Crippen LogP contribution >= 0.6 is 0 Å². The molecular weight excluding hydrogens is 438 g/mol. The highest BCUT2D eigenvalue weighted by molar-refractivity contribution is 7.89. The van der Waals surface area contributed by atoms with E-state index in [1.54, 1.807) is 0 Å². The van der Waals surface area contributed by atoms with Crippen molar-refractivity contribution in [3.05, 3.63) is 47.1 Å². The number of aromatic hydroxyl groups is 1. The fraction of sp³-hybridized carbons (Fsp3) is 0.400. The topological polar surface area (TPSA) is 148 Å². The second kappa shape index (κ2) is 8.36. The summed E-state index contributed by atoms with van der Waals surface area (Å²) >= 11 is 0. The number of hydrogen-bond acceptors (Lipinski definition) is 9. The number of nitrogens with zero attached hydrogens (tertiary/aromatic N) is 3. The Morgan fingerprint density at radius 2 is 1.91 bits per heavy atom. The highest BCUT2D eigenvalue weighted by Crippen LogP contribution is 2.39. The zero-order valence-electron chi connectivity index (χ0n) is 18.7. The Morgan fingerprint density at radius 1 is 1.22 bits per heavy atom. The first-order chi connectivity index (χ1) is 14.8. The number of benzene rings is 1. The van der Waals surface area contributed by atoms with Gasteiger partial charge in [-0.05, 0) is 41.8 Å². The molecule has 32 heavy (non-hydrogen) atoms. The van der Waals surface area contributed by atoms with Crippen LogP contribution in [0.25, 0.3) is 0 Å². The summed E-state index contributed by atoms with van der Waals surface area (Å²) in [6.45, 7) is 7.79. The van der Waals surface area contributed by atoms with Crippen molar-refractivity contribution in [3.63, 3.8) is 0 Å². The zero-order valence-corrected chi connectivity index (χ0v) is 19.5. The molecule has 0 amide bonds. The lowest BCUT2D eigenvalue weighted by molar-refractivity contribution is -0.790. The summed E-state index contributed by atoms with van der Waals surface area (Å²) in [5.41, 5.74) is -0.347. The molecule has 2 heterocycles. The van der Waals surface area contributed by atoms with Crippen molar-refractivity contribution in [2.75, 3.05) is 24.7 Å². The van der Waals surface area contributed by atoms with Gasteiger partial charge in [-0.25, -0.2) is 12.7 Å². The molecule has 3 N–H and O–H groups in total. The summed E-state index contributed by atoms with van der Waals surface area (Å²) in [4.78, 5) is -0.184. The third kappa shape index (κ3) is 4.50. The number of phenolic OH excluding ortho intramolecular Hbond substituents is 1. The maximum absolute atomic E-state index is 12.5. The second-order valence-corrected chi connectivity index (χ2v) is 10.7. The Kier molecular flexibility index (Phi) is 6.11. The number of aryl methyl sites for hydroxylation is 1. The number of sulfonamides is 1. The summed E-state index contributed by atoms with van der Waals surface area (Å²) in [6, 6.07) is 7.42. The Hall–Kier alpha value is -3.25. The van der Waals surface area contributed by atoms with Gasteiger partial charge >= 0.3 is 5.82 Å². The monoisotopic (exact) mass is 465 g/mol. The van der Waals surface area contributed by atoms with Crippen LogP contribution in [0.3, 0.4) is 0 Å². The second-order valence-electron chi connectivity index (χ2n) is 8.58. The molecule has 0 aliphatic carbocycles. The lowest BCUT2D eigenvalue weighted by Gasteiger charge is -2.29. The minimum atomic E-state index is -3.91. The number of nitrogens with one attached hydrogen (secondary N) is 2. The van der Waals surface area contributed by atoms with Crippen molar-refractivity contribution < 1.29 is 27.5 Å². The van der Waals surface area contributed by atoms with Crippen LogP contribution in [0.5, 0.6) is 5.75 Å². The Bertz CT molecular complexity index is 1210. The largest absolute Gasteiger partial charge is 0.503 e. The first kappa shape index (κ1) is 23.4. The van der Waals surface area contributed by atoms with E-state index in [4.69, 9.17) is 9.05 Å². The van der Waals surface area contributed by atoms with E-state index < -0.39 is 15.8 Å². The number of furan rings is 1. The van der Waals surface area contributed by atoms with Gasteiger partial charge in [-0.3, -0.25) is 5.32 Å². The van der Waals surface area contributed by atoms with E-state index >= 15 is 0 Å². The van der Waals surface area contributed by atoms with Gasteiger partial charge in [0, 0.05) is 14.1 Å². The number of para-hydroxylation sites is 1. The average Bonchev–Trinajstić information content (AvgIpc) is 3.26. The first-order valence-electron chi connectivity index (χ1n) is 9.76. The molecule has 12 heteroatoms. The van der Waals surface area contributed by atoms with Crippen LogP contribution in [0.15, 0.2) is 44.3 Å². The van der Waals surface area contributed by atoms with Gasteiger partial charge in [0.25, 0.3) is 5.82 Å². The zero-order chi connectivity index (χ0) is 23.8. The number of phenols is 1. The minimum Gasteiger partial charge on any atom is -0.503 e. The fourth-order valence-corrected chi connectivity index (χ4v) is 4.06. The fourth-order valence-electron chi connectivity index (χ4n) is 3.06. The molecule has 11 nitrogen and oxygen atoms in total. The predicted octanol–water partition coefficient (Wildman–Crippen LogP) is 3.11. The van der Waals surface area contributed by atoms with Gasteiger partial charge in [-0.2, -0.15) is 0 Å². The summed E-state index contributed by atoms with van der Waals surface area (Å²) in [5, 5.41) is 32.5. The number of rotatable bonds is 7. The van der Waals surface area contributed by atoms with Crippen LogP contribution in [0, 0.1) is 17.5 Å². The minimum absolute atomic E-state index is 0.00933. The van der Waals surface area contributed by atoms with E-state index in [0.717, 1.165) is 10.1 Å². The Morgan fingerprint density at radius 3 is 2.47 bits per heavy atom. The molecule has 0 aliphatic rings. The Balaban J connectivity index is 1.99. The van der Waals surface area contributed by atoms with Gasteiger partial charge in [-0.1, -0.05) is 31.7 Å². The Labute approximate surface area is 186 Å². The molecule has 1 atom stereocenters. The van der Waals surface area contributed by atoms with Crippen molar-refractivity contribution in [2.45, 2.75) is 38.6 Å². The molecule has 0 radical (unpaired) electrons. The van der Waals surface area contributed by atoms with E-state index in [1.807, 2.05) is 39.8 Å². The summed E-state index contributed by atoms with van der Waals surface area (Å²) in [7, 11) is -1.20. The smallest absolute Gasteiger partial charge is 0.324 e. The molecular formula is C20H27N5O6S. The summed E-state index contributed by atoms with van der Waals surface area (Å²) in [6.07, 6.45) is 0. The third-order valence-electron chi connectivity index (χ3n) is 4.82. The lowest BCUT2D eigenvalue weighted by Crippen LogP contribution is -2.29. The van der Waals surface area contributed by atoms with E-state index in [9.17, 15) is 18.7 Å². The van der Waals surface area contributed by atoms with Gasteiger partial charge < -0.3 is 24.7 Å². The van der Waals surface area contributed by atoms with Crippen LogP contribution < -0.4 is 15.5 Å². The van der Waals surface area contributed by atoms with E-state index in [0.29, 0.717) is 5.76 Å². The quantitative estimate of drug-likeness (QED) is 0.353. The molecule has 0 fully saturated rings. The van der Waals surface area contributed by atoms with Crippen molar-refractivity contribution in [1.82, 2.24) is 9.46 Å².